The Labute approximate surface area is 139 Å². The number of anilines is 2. The molecular weight excluding hydrogens is 312 g/mol. The third kappa shape index (κ3) is 3.88. The quantitative estimate of drug-likeness (QED) is 0.925. The molecule has 0 atom stereocenters. The molecule has 1 fully saturated rings. The van der Waals surface area contributed by atoms with Crippen LogP contribution < -0.4 is 10.2 Å². The van der Waals surface area contributed by atoms with Crippen LogP contribution in [0.15, 0.2) is 36.5 Å². The van der Waals surface area contributed by atoms with E-state index in [1.165, 1.54) is 19.0 Å². The summed E-state index contributed by atoms with van der Waals surface area (Å²) in [4.78, 5) is 18.7. The van der Waals surface area contributed by atoms with E-state index in [2.05, 4.69) is 15.2 Å². The molecule has 24 heavy (non-hydrogen) atoms. The minimum atomic E-state index is -0.682. The lowest BCUT2D eigenvalue weighted by molar-refractivity contribution is 0.102. The Hall–Kier alpha value is -2.50. The summed E-state index contributed by atoms with van der Waals surface area (Å²) in [7, 11) is 0. The predicted octanol–water partition coefficient (Wildman–Crippen LogP) is 3.99. The Morgan fingerprint density at radius 2 is 1.79 bits per heavy atom. The zero-order chi connectivity index (χ0) is 16.9. The maximum Gasteiger partial charge on any atom is 0.257 e. The van der Waals surface area contributed by atoms with E-state index in [-0.39, 0.29) is 5.69 Å². The van der Waals surface area contributed by atoms with Crippen molar-refractivity contribution in [3.8, 4) is 0 Å². The number of nitrogens with zero attached hydrogens (tertiary/aromatic N) is 2. The number of halogens is 2. The number of benzene rings is 1. The van der Waals surface area contributed by atoms with Crippen LogP contribution in [0.1, 0.15) is 36.0 Å². The Morgan fingerprint density at radius 1 is 1.04 bits per heavy atom. The molecular formula is C18H19F2N3O. The lowest BCUT2D eigenvalue weighted by Crippen LogP contribution is -2.25. The van der Waals surface area contributed by atoms with Gasteiger partial charge in [-0.15, -0.1) is 0 Å². The minimum absolute atomic E-state index is 0.184. The first kappa shape index (κ1) is 16.4. The summed E-state index contributed by atoms with van der Waals surface area (Å²) >= 11 is 0. The Bertz CT molecular complexity index is 711. The molecule has 1 aliphatic heterocycles. The van der Waals surface area contributed by atoms with Crippen LogP contribution in [-0.2, 0) is 0 Å². The summed E-state index contributed by atoms with van der Waals surface area (Å²) in [5, 5.41) is 2.37. The largest absolute Gasteiger partial charge is 0.357 e. The minimum Gasteiger partial charge on any atom is -0.357 e. The molecule has 0 aliphatic carbocycles. The van der Waals surface area contributed by atoms with E-state index in [0.717, 1.165) is 49.9 Å². The first-order chi connectivity index (χ1) is 11.6. The van der Waals surface area contributed by atoms with Gasteiger partial charge in [-0.3, -0.25) is 4.79 Å². The lowest BCUT2D eigenvalue weighted by Gasteiger charge is -2.21. The fourth-order valence-corrected chi connectivity index (χ4v) is 2.79. The fraction of sp³-hybridized carbons (Fsp3) is 0.333. The summed E-state index contributed by atoms with van der Waals surface area (Å²) in [5.74, 6) is -0.972. The van der Waals surface area contributed by atoms with Crippen molar-refractivity contribution in [2.45, 2.75) is 25.7 Å². The van der Waals surface area contributed by atoms with Crippen LogP contribution in [0.3, 0.4) is 0 Å². The Kier molecular flexibility index (Phi) is 5.03. The Balaban J connectivity index is 1.70. The third-order valence-electron chi connectivity index (χ3n) is 4.12. The van der Waals surface area contributed by atoms with E-state index < -0.39 is 17.5 Å². The maximum absolute atomic E-state index is 13.6. The van der Waals surface area contributed by atoms with Gasteiger partial charge in [0.15, 0.2) is 0 Å². The number of aromatic nitrogens is 1. The summed E-state index contributed by atoms with van der Waals surface area (Å²) in [6.07, 6.45) is 6.21. The van der Waals surface area contributed by atoms with Gasteiger partial charge in [-0.1, -0.05) is 12.8 Å². The first-order valence-corrected chi connectivity index (χ1v) is 8.11. The van der Waals surface area contributed by atoms with Crippen molar-refractivity contribution < 1.29 is 13.6 Å². The summed E-state index contributed by atoms with van der Waals surface area (Å²) in [6.45, 7) is 1.93. The third-order valence-corrected chi connectivity index (χ3v) is 4.12. The summed E-state index contributed by atoms with van der Waals surface area (Å²) in [6, 6.07) is 6.38. The van der Waals surface area contributed by atoms with Gasteiger partial charge in [0.25, 0.3) is 5.91 Å². The number of carbonyl (C=O) groups is 1. The number of hydrogen-bond acceptors (Lipinski definition) is 3. The van der Waals surface area contributed by atoms with Crippen molar-refractivity contribution in [2.75, 3.05) is 23.3 Å². The molecule has 1 N–H and O–H groups in total. The number of amides is 1. The lowest BCUT2D eigenvalue weighted by atomic mass is 10.2. The van der Waals surface area contributed by atoms with E-state index in [9.17, 15) is 13.6 Å². The highest BCUT2D eigenvalue weighted by Gasteiger charge is 2.14. The predicted molar refractivity (Wildman–Crippen MR) is 89.2 cm³/mol. The van der Waals surface area contributed by atoms with Gasteiger partial charge < -0.3 is 10.2 Å². The molecule has 0 unspecified atom stereocenters. The number of pyridine rings is 1. The molecule has 1 amide bonds. The van der Waals surface area contributed by atoms with Gasteiger partial charge in [0, 0.05) is 25.4 Å². The fourth-order valence-electron chi connectivity index (χ4n) is 2.79. The van der Waals surface area contributed by atoms with Crippen molar-refractivity contribution in [3.63, 3.8) is 0 Å². The topological polar surface area (TPSA) is 45.2 Å². The second kappa shape index (κ2) is 7.38. The first-order valence-electron chi connectivity index (χ1n) is 8.11. The molecule has 3 rings (SSSR count). The smallest absolute Gasteiger partial charge is 0.257 e. The van der Waals surface area contributed by atoms with Gasteiger partial charge in [0.1, 0.15) is 17.5 Å². The van der Waals surface area contributed by atoms with Crippen LogP contribution in [0.5, 0.6) is 0 Å². The van der Waals surface area contributed by atoms with Crippen LogP contribution in [0.4, 0.5) is 20.3 Å². The van der Waals surface area contributed by atoms with E-state index >= 15 is 0 Å². The molecule has 0 saturated carbocycles. The van der Waals surface area contributed by atoms with Gasteiger partial charge in [-0.25, -0.2) is 13.8 Å². The average Bonchev–Trinajstić information content (AvgIpc) is 2.87. The zero-order valence-electron chi connectivity index (χ0n) is 13.3. The van der Waals surface area contributed by atoms with Gasteiger partial charge >= 0.3 is 0 Å². The number of hydrogen-bond donors (Lipinski definition) is 1. The number of rotatable bonds is 3. The molecule has 1 saturated heterocycles. The molecule has 2 aromatic rings. The van der Waals surface area contributed by atoms with E-state index in [1.54, 1.807) is 12.1 Å². The molecule has 2 heterocycles. The second-order valence-electron chi connectivity index (χ2n) is 5.88. The average molecular weight is 331 g/mol. The molecule has 0 bridgehead atoms. The summed E-state index contributed by atoms with van der Waals surface area (Å²) < 4.78 is 26.7. The summed E-state index contributed by atoms with van der Waals surface area (Å²) in [5.41, 5.74) is 0.119. The number of carbonyl (C=O) groups excluding carboxylic acids is 1. The Morgan fingerprint density at radius 3 is 2.46 bits per heavy atom. The highest BCUT2D eigenvalue weighted by molar-refractivity contribution is 6.04. The zero-order valence-corrected chi connectivity index (χ0v) is 13.3. The van der Waals surface area contributed by atoms with E-state index in [4.69, 9.17) is 0 Å². The van der Waals surface area contributed by atoms with Crippen molar-refractivity contribution in [3.05, 3.63) is 53.7 Å². The van der Waals surface area contributed by atoms with Crippen LogP contribution in [0.25, 0.3) is 0 Å². The molecule has 126 valence electrons. The van der Waals surface area contributed by atoms with E-state index in [0.29, 0.717) is 5.56 Å². The van der Waals surface area contributed by atoms with Gasteiger partial charge in [-0.05, 0) is 37.1 Å². The maximum atomic E-state index is 13.6. The standard InChI is InChI=1S/C18H19F2N3O/c19-14-6-7-15(20)16(11-14)22-18(24)13-5-8-17(21-12-13)23-9-3-1-2-4-10-23/h5-8,11-12H,1-4,9-10H2,(H,22,24). The number of nitrogens with one attached hydrogen (secondary N) is 1. The molecule has 1 aromatic heterocycles. The van der Waals surface area contributed by atoms with Crippen molar-refractivity contribution in [1.29, 1.82) is 0 Å². The monoisotopic (exact) mass is 331 g/mol. The molecule has 4 nitrogen and oxygen atoms in total. The van der Waals surface area contributed by atoms with Crippen molar-refractivity contribution in [1.82, 2.24) is 4.98 Å². The van der Waals surface area contributed by atoms with Crippen LogP contribution in [-0.4, -0.2) is 24.0 Å². The van der Waals surface area contributed by atoms with Gasteiger partial charge in [0.05, 0.1) is 11.3 Å². The SMILES string of the molecule is O=C(Nc1cc(F)ccc1F)c1ccc(N2CCCCCC2)nc1. The van der Waals surface area contributed by atoms with Crippen LogP contribution >= 0.6 is 0 Å². The molecule has 0 spiro atoms. The highest BCUT2D eigenvalue weighted by atomic mass is 19.1. The van der Waals surface area contributed by atoms with Crippen LogP contribution in [0, 0.1) is 11.6 Å². The molecule has 0 radical (unpaired) electrons. The van der Waals surface area contributed by atoms with E-state index in [1.807, 2.05) is 0 Å². The molecule has 1 aliphatic rings. The van der Waals surface area contributed by atoms with Gasteiger partial charge in [-0.2, -0.15) is 0 Å². The normalized spacial score (nSPS) is 15.0. The molecule has 1 aromatic carbocycles. The highest BCUT2D eigenvalue weighted by Crippen LogP contribution is 2.19. The second-order valence-corrected chi connectivity index (χ2v) is 5.88. The molecule has 6 heteroatoms. The van der Waals surface area contributed by atoms with Crippen LogP contribution in [0.2, 0.25) is 0 Å². The van der Waals surface area contributed by atoms with Crippen molar-refractivity contribution >= 4 is 17.4 Å². The van der Waals surface area contributed by atoms with Crippen molar-refractivity contribution in [2.24, 2.45) is 0 Å². The van der Waals surface area contributed by atoms with Gasteiger partial charge in [0.2, 0.25) is 0 Å².